The lowest BCUT2D eigenvalue weighted by Crippen LogP contribution is -2.33. The first kappa shape index (κ1) is 11.9. The quantitative estimate of drug-likeness (QED) is 0.858. The summed E-state index contributed by atoms with van der Waals surface area (Å²) in [6.07, 6.45) is 3.77. The van der Waals surface area contributed by atoms with Crippen molar-refractivity contribution >= 4 is 0 Å². The van der Waals surface area contributed by atoms with Gasteiger partial charge in [0.1, 0.15) is 5.76 Å². The average Bonchev–Trinajstić information content (AvgIpc) is 2.95. The fourth-order valence-corrected chi connectivity index (χ4v) is 1.69. The molecule has 0 aliphatic carbocycles. The van der Waals surface area contributed by atoms with E-state index in [0.29, 0.717) is 18.6 Å². The molecule has 2 atom stereocenters. The summed E-state index contributed by atoms with van der Waals surface area (Å²) >= 11 is 0. The van der Waals surface area contributed by atoms with Crippen LogP contribution in [0.3, 0.4) is 0 Å². The smallest absolute Gasteiger partial charge is 0.133 e. The van der Waals surface area contributed by atoms with E-state index in [1.807, 2.05) is 29.9 Å². The van der Waals surface area contributed by atoms with Crippen LogP contribution in [0.5, 0.6) is 0 Å². The molecule has 0 aliphatic heterocycles. The largest absolute Gasteiger partial charge is 0.361 e. The van der Waals surface area contributed by atoms with Crippen molar-refractivity contribution < 1.29 is 4.52 Å². The number of rotatable bonds is 5. The highest BCUT2D eigenvalue weighted by molar-refractivity contribution is 5.03. The number of aryl methyl sites for hydroxylation is 1. The summed E-state index contributed by atoms with van der Waals surface area (Å²) in [6.45, 7) is 6.88. The summed E-state index contributed by atoms with van der Waals surface area (Å²) in [4.78, 5) is 0. The van der Waals surface area contributed by atoms with Crippen molar-refractivity contribution in [2.24, 2.45) is 0 Å². The second kappa shape index (κ2) is 5.14. The van der Waals surface area contributed by atoms with Gasteiger partial charge in [0, 0.05) is 31.0 Å². The molecular formula is C12H18N4O. The number of aromatic nitrogens is 3. The van der Waals surface area contributed by atoms with Crippen molar-refractivity contribution in [2.75, 3.05) is 0 Å². The second-order valence-electron chi connectivity index (χ2n) is 4.33. The molecule has 5 heteroatoms. The van der Waals surface area contributed by atoms with Gasteiger partial charge in [0.2, 0.25) is 0 Å². The van der Waals surface area contributed by atoms with E-state index in [-0.39, 0.29) is 0 Å². The minimum Gasteiger partial charge on any atom is -0.361 e. The van der Waals surface area contributed by atoms with Crippen LogP contribution >= 0.6 is 0 Å². The molecule has 1 N–H and O–H groups in total. The second-order valence-corrected chi connectivity index (χ2v) is 4.33. The fourth-order valence-electron chi connectivity index (χ4n) is 1.69. The van der Waals surface area contributed by atoms with Crippen LogP contribution in [0.2, 0.25) is 0 Å². The molecule has 0 unspecified atom stereocenters. The van der Waals surface area contributed by atoms with Crippen LogP contribution in [-0.2, 0) is 6.54 Å². The van der Waals surface area contributed by atoms with E-state index >= 15 is 0 Å². The molecule has 0 aromatic carbocycles. The highest BCUT2D eigenvalue weighted by Crippen LogP contribution is 2.10. The van der Waals surface area contributed by atoms with Crippen LogP contribution < -0.4 is 5.32 Å². The molecule has 2 aromatic heterocycles. The normalized spacial score (nSPS) is 14.8. The lowest BCUT2D eigenvalue weighted by molar-refractivity contribution is 0.353. The Balaban J connectivity index is 1.87. The van der Waals surface area contributed by atoms with Crippen LogP contribution in [-0.4, -0.2) is 21.0 Å². The Morgan fingerprint density at radius 2 is 2.29 bits per heavy atom. The maximum atomic E-state index is 5.02. The van der Waals surface area contributed by atoms with Gasteiger partial charge in [-0.05, 0) is 26.8 Å². The first-order valence-corrected chi connectivity index (χ1v) is 5.81. The molecule has 2 aromatic rings. The first-order valence-electron chi connectivity index (χ1n) is 5.81. The molecule has 0 saturated carbocycles. The average molecular weight is 234 g/mol. The van der Waals surface area contributed by atoms with E-state index in [1.165, 1.54) is 0 Å². The summed E-state index contributed by atoms with van der Waals surface area (Å²) in [5.41, 5.74) is 0.932. The van der Waals surface area contributed by atoms with E-state index in [0.717, 1.165) is 11.5 Å². The standard InChI is InChI=1S/C12H18N4O/c1-9-7-12(15-17-9)8-13-10(2)11(3)16-6-4-5-14-16/h4-7,10-11,13H,8H2,1-3H3/t10-,11-/m1/s1. The van der Waals surface area contributed by atoms with Crippen molar-refractivity contribution in [3.63, 3.8) is 0 Å². The van der Waals surface area contributed by atoms with Gasteiger partial charge >= 0.3 is 0 Å². The van der Waals surface area contributed by atoms with Crippen molar-refractivity contribution in [1.82, 2.24) is 20.3 Å². The van der Waals surface area contributed by atoms with Gasteiger partial charge in [0.05, 0.1) is 11.7 Å². The Morgan fingerprint density at radius 1 is 1.47 bits per heavy atom. The minimum atomic E-state index is 0.304. The summed E-state index contributed by atoms with van der Waals surface area (Å²) < 4.78 is 6.97. The van der Waals surface area contributed by atoms with Crippen LogP contribution in [0.1, 0.15) is 31.3 Å². The summed E-state index contributed by atoms with van der Waals surface area (Å²) in [7, 11) is 0. The highest BCUT2D eigenvalue weighted by atomic mass is 16.5. The number of hydrogen-bond acceptors (Lipinski definition) is 4. The molecular weight excluding hydrogens is 216 g/mol. The Morgan fingerprint density at radius 3 is 2.88 bits per heavy atom. The zero-order chi connectivity index (χ0) is 12.3. The number of hydrogen-bond donors (Lipinski definition) is 1. The van der Waals surface area contributed by atoms with Gasteiger partial charge in [-0.15, -0.1) is 0 Å². The third-order valence-electron chi connectivity index (χ3n) is 2.95. The molecule has 0 saturated heterocycles. The predicted molar refractivity (Wildman–Crippen MR) is 64.5 cm³/mol. The zero-order valence-corrected chi connectivity index (χ0v) is 10.4. The van der Waals surface area contributed by atoms with Gasteiger partial charge in [0.15, 0.2) is 0 Å². The van der Waals surface area contributed by atoms with Gasteiger partial charge < -0.3 is 9.84 Å². The van der Waals surface area contributed by atoms with Crippen LogP contribution in [0.4, 0.5) is 0 Å². The summed E-state index contributed by atoms with van der Waals surface area (Å²) in [5.74, 6) is 0.842. The third kappa shape index (κ3) is 2.94. The van der Waals surface area contributed by atoms with Crippen LogP contribution in [0.15, 0.2) is 29.0 Å². The van der Waals surface area contributed by atoms with Crippen LogP contribution in [0.25, 0.3) is 0 Å². The monoisotopic (exact) mass is 234 g/mol. The Kier molecular flexibility index (Phi) is 3.58. The van der Waals surface area contributed by atoms with Gasteiger partial charge in [-0.2, -0.15) is 5.10 Å². The Bertz CT molecular complexity index is 449. The highest BCUT2D eigenvalue weighted by Gasteiger charge is 2.14. The molecule has 0 amide bonds. The van der Waals surface area contributed by atoms with E-state index in [9.17, 15) is 0 Å². The molecule has 17 heavy (non-hydrogen) atoms. The van der Waals surface area contributed by atoms with Crippen molar-refractivity contribution in [1.29, 1.82) is 0 Å². The molecule has 0 radical (unpaired) electrons. The minimum absolute atomic E-state index is 0.304. The zero-order valence-electron chi connectivity index (χ0n) is 10.4. The Hall–Kier alpha value is -1.62. The SMILES string of the molecule is Cc1cc(CN[C@H](C)[C@@H](C)n2cccn2)no1. The predicted octanol–water partition coefficient (Wildman–Crippen LogP) is 1.92. The van der Waals surface area contributed by atoms with E-state index < -0.39 is 0 Å². The van der Waals surface area contributed by atoms with Gasteiger partial charge in [0.25, 0.3) is 0 Å². The lowest BCUT2D eigenvalue weighted by Gasteiger charge is -2.21. The number of nitrogens with zero attached hydrogens (tertiary/aromatic N) is 3. The topological polar surface area (TPSA) is 55.9 Å². The molecule has 0 bridgehead atoms. The van der Waals surface area contributed by atoms with Crippen molar-refractivity contribution in [3.8, 4) is 0 Å². The maximum Gasteiger partial charge on any atom is 0.133 e. The van der Waals surface area contributed by atoms with Crippen molar-refractivity contribution in [3.05, 3.63) is 36.0 Å². The van der Waals surface area contributed by atoms with Crippen LogP contribution in [0, 0.1) is 6.92 Å². The number of nitrogens with one attached hydrogen (secondary N) is 1. The molecule has 0 spiro atoms. The molecule has 2 rings (SSSR count). The summed E-state index contributed by atoms with van der Waals surface area (Å²) in [5, 5.41) is 11.6. The fraction of sp³-hybridized carbons (Fsp3) is 0.500. The maximum absolute atomic E-state index is 5.02. The Labute approximate surface area is 101 Å². The van der Waals surface area contributed by atoms with E-state index in [4.69, 9.17) is 4.52 Å². The molecule has 0 fully saturated rings. The molecule has 92 valence electrons. The van der Waals surface area contributed by atoms with E-state index in [1.54, 1.807) is 6.20 Å². The van der Waals surface area contributed by atoms with Gasteiger partial charge in [-0.1, -0.05) is 5.16 Å². The molecule has 0 aliphatic rings. The van der Waals surface area contributed by atoms with E-state index in [2.05, 4.69) is 29.4 Å². The van der Waals surface area contributed by atoms with Gasteiger partial charge in [-0.3, -0.25) is 4.68 Å². The third-order valence-corrected chi connectivity index (χ3v) is 2.95. The molecule has 5 nitrogen and oxygen atoms in total. The molecule has 2 heterocycles. The van der Waals surface area contributed by atoms with Gasteiger partial charge in [-0.25, -0.2) is 0 Å². The lowest BCUT2D eigenvalue weighted by atomic mass is 10.1. The van der Waals surface area contributed by atoms with Crippen molar-refractivity contribution in [2.45, 2.75) is 39.4 Å². The summed E-state index contributed by atoms with van der Waals surface area (Å²) in [6, 6.07) is 4.49. The first-order chi connectivity index (χ1) is 8.16.